The van der Waals surface area contributed by atoms with E-state index in [1.54, 1.807) is 12.3 Å². The van der Waals surface area contributed by atoms with Crippen molar-refractivity contribution in [3.8, 4) is 6.07 Å². The zero-order valence-electron chi connectivity index (χ0n) is 12.9. The second kappa shape index (κ2) is 6.17. The number of aromatic nitrogens is 1. The van der Waals surface area contributed by atoms with Gasteiger partial charge in [-0.25, -0.2) is 0 Å². The van der Waals surface area contributed by atoms with Crippen LogP contribution in [0, 0.1) is 22.7 Å². The van der Waals surface area contributed by atoms with E-state index < -0.39 is 0 Å². The lowest BCUT2D eigenvalue weighted by atomic mass is 9.70. The Bertz CT molecular complexity index is 563. The van der Waals surface area contributed by atoms with E-state index in [4.69, 9.17) is 0 Å². The van der Waals surface area contributed by atoms with Crippen LogP contribution in [-0.2, 0) is 4.79 Å². The van der Waals surface area contributed by atoms with Crippen molar-refractivity contribution in [2.45, 2.75) is 46.1 Å². The summed E-state index contributed by atoms with van der Waals surface area (Å²) in [6, 6.07) is 5.81. The third-order valence-corrected chi connectivity index (χ3v) is 4.01. The molecule has 0 bridgehead atoms. The molecule has 0 radical (unpaired) electrons. The molecular weight excluding hydrogens is 262 g/mol. The highest BCUT2D eigenvalue weighted by Crippen LogP contribution is 2.38. The molecule has 4 heteroatoms. The summed E-state index contributed by atoms with van der Waals surface area (Å²) < 4.78 is 0. The molecule has 1 fully saturated rings. The van der Waals surface area contributed by atoms with Gasteiger partial charge in [-0.15, -0.1) is 0 Å². The van der Waals surface area contributed by atoms with Gasteiger partial charge in [0.1, 0.15) is 11.6 Å². The minimum atomic E-state index is -0.276. The van der Waals surface area contributed by atoms with Gasteiger partial charge < -0.3 is 10.3 Å². The predicted molar refractivity (Wildman–Crippen MR) is 83.1 cm³/mol. The number of nitriles is 1. The highest BCUT2D eigenvalue weighted by atomic mass is 16.1. The summed E-state index contributed by atoms with van der Waals surface area (Å²) in [5.41, 5.74) is 1.15. The maximum Gasteiger partial charge on any atom is 0.262 e. The largest absolute Gasteiger partial charge is 0.362 e. The van der Waals surface area contributed by atoms with E-state index in [1.165, 1.54) is 6.42 Å². The zero-order valence-corrected chi connectivity index (χ0v) is 12.9. The molecule has 1 heterocycles. The molecular formula is C17H23N3O. The molecule has 21 heavy (non-hydrogen) atoms. The van der Waals surface area contributed by atoms with E-state index in [-0.39, 0.29) is 22.9 Å². The van der Waals surface area contributed by atoms with E-state index >= 15 is 0 Å². The number of rotatable bonds is 3. The van der Waals surface area contributed by atoms with Gasteiger partial charge in [0.2, 0.25) is 0 Å². The van der Waals surface area contributed by atoms with Crippen LogP contribution < -0.4 is 5.32 Å². The predicted octanol–water partition coefficient (Wildman–Crippen LogP) is 3.25. The number of carbonyl (C=O) groups excluding carboxylic acids is 1. The van der Waals surface area contributed by atoms with Crippen LogP contribution in [0.2, 0.25) is 0 Å². The summed E-state index contributed by atoms with van der Waals surface area (Å²) in [7, 11) is 0. The highest BCUT2D eigenvalue weighted by Gasteiger charge is 2.33. The lowest BCUT2D eigenvalue weighted by Gasteiger charge is -2.39. The molecule has 0 unspecified atom stereocenters. The second-order valence-corrected chi connectivity index (χ2v) is 6.88. The van der Waals surface area contributed by atoms with Crippen molar-refractivity contribution >= 4 is 12.0 Å². The Balaban J connectivity index is 2.05. The quantitative estimate of drug-likeness (QED) is 0.661. The Morgan fingerprint density at radius 3 is 2.86 bits per heavy atom. The van der Waals surface area contributed by atoms with Crippen LogP contribution >= 0.6 is 0 Å². The van der Waals surface area contributed by atoms with Gasteiger partial charge in [-0.2, -0.15) is 5.26 Å². The SMILES string of the molecule is C[C@@H]1C[C@@H](NC(=O)/C(C#N)=C/c2ccc[nH]2)CC(C)(C)C1. The Kier molecular flexibility index (Phi) is 4.52. The Morgan fingerprint density at radius 1 is 1.52 bits per heavy atom. The molecule has 1 aliphatic carbocycles. The van der Waals surface area contributed by atoms with Crippen LogP contribution in [0.15, 0.2) is 23.9 Å². The van der Waals surface area contributed by atoms with E-state index in [2.05, 4.69) is 31.1 Å². The Morgan fingerprint density at radius 2 is 2.29 bits per heavy atom. The molecule has 1 aromatic heterocycles. The third kappa shape index (κ3) is 4.22. The first-order valence-corrected chi connectivity index (χ1v) is 7.46. The van der Waals surface area contributed by atoms with E-state index in [0.29, 0.717) is 5.92 Å². The standard InChI is InChI=1S/C17H23N3O/c1-12-7-15(10-17(2,3)9-12)20-16(21)13(11-18)8-14-5-4-6-19-14/h4-6,8,12,15,19H,7,9-10H2,1-3H3,(H,20,21)/b13-8+/t12-,15-/m1/s1. The van der Waals surface area contributed by atoms with Crippen LogP contribution in [0.4, 0.5) is 0 Å². The number of nitrogens with one attached hydrogen (secondary N) is 2. The van der Waals surface area contributed by atoms with Gasteiger partial charge in [-0.05, 0) is 48.8 Å². The molecule has 2 N–H and O–H groups in total. The third-order valence-electron chi connectivity index (χ3n) is 4.01. The molecule has 4 nitrogen and oxygen atoms in total. The Hall–Kier alpha value is -2.02. The van der Waals surface area contributed by atoms with E-state index in [0.717, 1.165) is 18.5 Å². The maximum atomic E-state index is 12.3. The normalized spacial score (nSPS) is 25.1. The molecule has 2 atom stereocenters. The average Bonchev–Trinajstić information content (AvgIpc) is 2.85. The number of hydrogen-bond acceptors (Lipinski definition) is 2. The average molecular weight is 285 g/mol. The number of amides is 1. The highest BCUT2D eigenvalue weighted by molar-refractivity contribution is 6.01. The number of nitrogens with zero attached hydrogens (tertiary/aromatic N) is 1. The molecule has 112 valence electrons. The maximum absolute atomic E-state index is 12.3. The van der Waals surface area contributed by atoms with Gasteiger partial charge in [0.15, 0.2) is 0 Å². The van der Waals surface area contributed by atoms with Crippen molar-refractivity contribution in [3.05, 3.63) is 29.6 Å². The molecule has 1 aromatic rings. The van der Waals surface area contributed by atoms with Crippen molar-refractivity contribution in [1.29, 1.82) is 5.26 Å². The summed E-state index contributed by atoms with van der Waals surface area (Å²) in [6.45, 7) is 6.70. The zero-order chi connectivity index (χ0) is 15.5. The summed E-state index contributed by atoms with van der Waals surface area (Å²) in [5.74, 6) is 0.318. The van der Waals surface area contributed by atoms with Gasteiger partial charge >= 0.3 is 0 Å². The molecule has 0 spiro atoms. The number of H-pyrrole nitrogens is 1. The summed E-state index contributed by atoms with van der Waals surface area (Å²) in [5, 5.41) is 12.2. The summed E-state index contributed by atoms with van der Waals surface area (Å²) in [6.07, 6.45) is 6.49. The van der Waals surface area contributed by atoms with Gasteiger partial charge in [-0.3, -0.25) is 4.79 Å². The molecule has 1 amide bonds. The van der Waals surface area contributed by atoms with E-state index in [9.17, 15) is 10.1 Å². The van der Waals surface area contributed by atoms with Crippen molar-refractivity contribution in [1.82, 2.24) is 10.3 Å². The van der Waals surface area contributed by atoms with Gasteiger partial charge in [0, 0.05) is 17.9 Å². The number of aromatic amines is 1. The monoisotopic (exact) mass is 285 g/mol. The first kappa shape index (κ1) is 15.4. The van der Waals surface area contributed by atoms with Crippen LogP contribution in [0.3, 0.4) is 0 Å². The van der Waals surface area contributed by atoms with Crippen molar-refractivity contribution in [2.24, 2.45) is 11.3 Å². The first-order valence-electron chi connectivity index (χ1n) is 7.46. The van der Waals surface area contributed by atoms with Crippen LogP contribution in [0.25, 0.3) is 6.08 Å². The topological polar surface area (TPSA) is 68.7 Å². The molecule has 2 rings (SSSR count). The number of hydrogen-bond donors (Lipinski definition) is 2. The van der Waals surface area contributed by atoms with Crippen LogP contribution in [-0.4, -0.2) is 16.9 Å². The van der Waals surface area contributed by atoms with Crippen molar-refractivity contribution in [3.63, 3.8) is 0 Å². The first-order chi connectivity index (χ1) is 9.89. The molecule has 0 aromatic carbocycles. The smallest absolute Gasteiger partial charge is 0.262 e. The fourth-order valence-corrected chi connectivity index (χ4v) is 3.46. The van der Waals surface area contributed by atoms with Gasteiger partial charge in [0.25, 0.3) is 5.91 Å². The molecule has 0 aliphatic heterocycles. The minimum absolute atomic E-state index is 0.147. The van der Waals surface area contributed by atoms with Gasteiger partial charge in [0.05, 0.1) is 0 Å². The Labute approximate surface area is 126 Å². The van der Waals surface area contributed by atoms with Crippen LogP contribution in [0.5, 0.6) is 0 Å². The van der Waals surface area contributed by atoms with E-state index in [1.807, 2.05) is 18.2 Å². The van der Waals surface area contributed by atoms with Gasteiger partial charge in [-0.1, -0.05) is 20.8 Å². The second-order valence-electron chi connectivity index (χ2n) is 6.88. The summed E-state index contributed by atoms with van der Waals surface area (Å²) >= 11 is 0. The van der Waals surface area contributed by atoms with Crippen molar-refractivity contribution < 1.29 is 4.79 Å². The summed E-state index contributed by atoms with van der Waals surface area (Å²) in [4.78, 5) is 15.2. The van der Waals surface area contributed by atoms with Crippen molar-refractivity contribution in [2.75, 3.05) is 0 Å². The number of carbonyl (C=O) groups is 1. The minimum Gasteiger partial charge on any atom is -0.362 e. The lowest BCUT2D eigenvalue weighted by molar-refractivity contribution is -0.118. The molecule has 1 saturated carbocycles. The fourth-order valence-electron chi connectivity index (χ4n) is 3.46. The fraction of sp³-hybridized carbons (Fsp3) is 0.529. The molecule has 1 aliphatic rings. The lowest BCUT2D eigenvalue weighted by Crippen LogP contribution is -2.43. The van der Waals surface area contributed by atoms with Crippen LogP contribution in [0.1, 0.15) is 45.7 Å². The molecule has 0 saturated heterocycles.